The summed E-state index contributed by atoms with van der Waals surface area (Å²) in [6.07, 6.45) is 4.58. The molecule has 1 saturated heterocycles. The van der Waals surface area contributed by atoms with Crippen LogP contribution in [0.4, 0.5) is 10.1 Å². The molecule has 1 aliphatic carbocycles. The van der Waals surface area contributed by atoms with Crippen LogP contribution < -0.4 is 15.0 Å². The molecule has 1 saturated carbocycles. The first-order chi connectivity index (χ1) is 13.7. The van der Waals surface area contributed by atoms with E-state index in [1.54, 1.807) is 6.07 Å². The van der Waals surface area contributed by atoms with Gasteiger partial charge in [0.25, 0.3) is 5.91 Å². The van der Waals surface area contributed by atoms with Gasteiger partial charge in [0, 0.05) is 13.1 Å². The van der Waals surface area contributed by atoms with E-state index in [1.165, 1.54) is 0 Å². The van der Waals surface area contributed by atoms with Gasteiger partial charge in [-0.2, -0.15) is 0 Å². The van der Waals surface area contributed by atoms with Crippen LogP contribution in [0.15, 0.2) is 12.1 Å². The summed E-state index contributed by atoms with van der Waals surface area (Å²) in [5, 5.41) is 2.77. The Balaban J connectivity index is 1.71. The van der Waals surface area contributed by atoms with Crippen molar-refractivity contribution >= 4 is 11.6 Å². The highest BCUT2D eigenvalue weighted by molar-refractivity contribution is 5.93. The van der Waals surface area contributed by atoms with Crippen LogP contribution in [-0.4, -0.2) is 50.0 Å². The second-order valence-electron chi connectivity index (χ2n) is 7.68. The molecule has 1 N–H and O–H groups in total. The quantitative estimate of drug-likeness (QED) is 0.674. The van der Waals surface area contributed by atoms with Crippen LogP contribution in [-0.2, 0) is 4.74 Å². The van der Waals surface area contributed by atoms with E-state index in [1.807, 2.05) is 19.9 Å². The average molecular weight is 381 g/mol. The SMILES string of the molecule is [2H]C([2H])(F)OC[C@@H](NC(=O)c1ccc(N2CCCC2)c(OCC2CC2)n1)C(C)C. The van der Waals surface area contributed by atoms with Gasteiger partial charge in [-0.25, -0.2) is 9.37 Å². The number of carbonyl (C=O) groups is 1. The zero-order valence-electron chi connectivity index (χ0n) is 18.0. The predicted octanol–water partition coefficient (Wildman–Crippen LogP) is 3.17. The molecule has 27 heavy (non-hydrogen) atoms. The van der Waals surface area contributed by atoms with Gasteiger partial charge >= 0.3 is 0 Å². The Bertz CT molecular complexity index is 705. The molecule has 1 aromatic heterocycles. The molecule has 150 valence electrons. The number of rotatable bonds is 10. The number of hydrogen-bond acceptors (Lipinski definition) is 5. The lowest BCUT2D eigenvalue weighted by atomic mass is 10.1. The number of aromatic nitrogens is 1. The monoisotopic (exact) mass is 381 g/mol. The van der Waals surface area contributed by atoms with Gasteiger partial charge in [-0.1, -0.05) is 13.8 Å². The van der Waals surface area contributed by atoms with Gasteiger partial charge in [-0.3, -0.25) is 4.79 Å². The van der Waals surface area contributed by atoms with Crippen molar-refractivity contribution in [1.82, 2.24) is 10.3 Å². The zero-order valence-corrected chi connectivity index (χ0v) is 16.0. The number of anilines is 1. The molecular formula is C20H30FN3O3. The Morgan fingerprint density at radius 2 is 2.15 bits per heavy atom. The maximum atomic E-state index is 13.0. The van der Waals surface area contributed by atoms with E-state index >= 15 is 0 Å². The third-order valence-electron chi connectivity index (χ3n) is 5.11. The topological polar surface area (TPSA) is 63.7 Å². The second kappa shape index (κ2) is 9.35. The van der Waals surface area contributed by atoms with Gasteiger partial charge in [-0.05, 0) is 49.7 Å². The summed E-state index contributed by atoms with van der Waals surface area (Å²) in [6.45, 7) is 2.68. The minimum Gasteiger partial charge on any atom is -0.476 e. The van der Waals surface area contributed by atoms with E-state index < -0.39 is 18.8 Å². The number of amides is 1. The molecule has 6 nitrogen and oxygen atoms in total. The summed E-state index contributed by atoms with van der Waals surface area (Å²) in [6, 6.07) is 2.99. The molecule has 0 radical (unpaired) electrons. The molecule has 1 amide bonds. The van der Waals surface area contributed by atoms with E-state index in [-0.39, 0.29) is 18.2 Å². The number of alkyl halides is 1. The first-order valence-corrected chi connectivity index (χ1v) is 9.75. The molecule has 1 atom stereocenters. The van der Waals surface area contributed by atoms with Crippen molar-refractivity contribution in [2.75, 3.05) is 38.0 Å². The molecule has 0 aromatic carbocycles. The van der Waals surface area contributed by atoms with Crippen molar-refractivity contribution in [2.45, 2.75) is 45.6 Å². The van der Waals surface area contributed by atoms with Crippen LogP contribution in [0.2, 0.25) is 0 Å². The molecule has 0 spiro atoms. The number of hydrogen-bond donors (Lipinski definition) is 1. The van der Waals surface area contributed by atoms with Gasteiger partial charge in [0.1, 0.15) is 5.69 Å². The Morgan fingerprint density at radius 1 is 1.41 bits per heavy atom. The number of carbonyl (C=O) groups excluding carboxylic acids is 1. The van der Waals surface area contributed by atoms with Crippen LogP contribution in [0.3, 0.4) is 0 Å². The molecule has 7 heteroatoms. The standard InChI is InChI=1S/C20H30FN3O3/c1-14(2)17(12-26-13-21)22-19(25)16-7-8-18(24-9-3-4-10-24)20(23-16)27-11-15-5-6-15/h7-8,14-15,17H,3-6,9-13H2,1-2H3,(H,22,25)/t17-/m1/s1/i13D2. The summed E-state index contributed by atoms with van der Waals surface area (Å²) in [4.78, 5) is 19.4. The minimum atomic E-state index is -3.24. The maximum absolute atomic E-state index is 13.0. The molecule has 1 aliphatic heterocycles. The molecule has 2 aliphatic rings. The third-order valence-corrected chi connectivity index (χ3v) is 5.11. The lowest BCUT2D eigenvalue weighted by molar-refractivity contribution is 0.0343. The average Bonchev–Trinajstić information content (AvgIpc) is 3.33. The van der Waals surface area contributed by atoms with Crippen LogP contribution in [0.1, 0.15) is 52.8 Å². The Kier molecular flexibility index (Phi) is 5.96. The normalized spacial score (nSPS) is 19.6. The number of halogens is 1. The third kappa shape index (κ3) is 5.54. The summed E-state index contributed by atoms with van der Waals surface area (Å²) in [5.41, 5.74) is 1.13. The van der Waals surface area contributed by atoms with Crippen LogP contribution in [0, 0.1) is 11.8 Å². The van der Waals surface area contributed by atoms with Crippen LogP contribution in [0.25, 0.3) is 0 Å². The number of ether oxygens (including phenoxy) is 2. The van der Waals surface area contributed by atoms with Crippen LogP contribution >= 0.6 is 0 Å². The number of nitrogens with zero attached hydrogens (tertiary/aromatic N) is 2. The van der Waals surface area contributed by atoms with Gasteiger partial charge in [0.05, 0.1) is 27.7 Å². The van der Waals surface area contributed by atoms with Crippen LogP contribution in [0.5, 0.6) is 5.88 Å². The number of nitrogens with one attached hydrogen (secondary N) is 1. The first kappa shape index (κ1) is 17.2. The molecular weight excluding hydrogens is 349 g/mol. The fourth-order valence-corrected chi connectivity index (χ4v) is 3.11. The van der Waals surface area contributed by atoms with Crippen molar-refractivity contribution in [1.29, 1.82) is 0 Å². The highest BCUT2D eigenvalue weighted by Gasteiger charge is 2.25. The van der Waals surface area contributed by atoms with E-state index in [2.05, 4.69) is 19.9 Å². The molecule has 0 unspecified atom stereocenters. The summed E-state index contributed by atoms with van der Waals surface area (Å²) in [7, 11) is 0. The minimum absolute atomic E-state index is 0.0734. The largest absolute Gasteiger partial charge is 0.476 e. The zero-order chi connectivity index (χ0) is 21.0. The Hall–Kier alpha value is -1.89. The van der Waals surface area contributed by atoms with Crippen molar-refractivity contribution in [2.24, 2.45) is 11.8 Å². The first-order valence-electron chi connectivity index (χ1n) is 10.8. The van der Waals surface area contributed by atoms with E-state index in [0.717, 1.165) is 44.5 Å². The highest BCUT2D eigenvalue weighted by Crippen LogP contribution is 2.33. The summed E-state index contributed by atoms with van der Waals surface area (Å²) >= 11 is 0. The van der Waals surface area contributed by atoms with Gasteiger partial charge < -0.3 is 19.7 Å². The molecule has 0 bridgehead atoms. The maximum Gasteiger partial charge on any atom is 0.270 e. The number of pyridine rings is 1. The Labute approximate surface area is 163 Å². The highest BCUT2D eigenvalue weighted by atomic mass is 19.1. The molecule has 2 heterocycles. The molecule has 2 fully saturated rings. The smallest absolute Gasteiger partial charge is 0.270 e. The fourth-order valence-electron chi connectivity index (χ4n) is 3.11. The lowest BCUT2D eigenvalue weighted by Gasteiger charge is -2.23. The van der Waals surface area contributed by atoms with E-state index in [4.69, 9.17) is 7.48 Å². The van der Waals surface area contributed by atoms with Gasteiger partial charge in [0.2, 0.25) is 5.88 Å². The van der Waals surface area contributed by atoms with E-state index in [0.29, 0.717) is 18.4 Å². The predicted molar refractivity (Wildman–Crippen MR) is 102 cm³/mol. The molecule has 1 aromatic rings. The van der Waals surface area contributed by atoms with E-state index in [9.17, 15) is 9.18 Å². The van der Waals surface area contributed by atoms with Crippen molar-refractivity contribution in [3.8, 4) is 5.88 Å². The fraction of sp³-hybridized carbons (Fsp3) is 0.700. The molecule has 3 rings (SSSR count). The summed E-state index contributed by atoms with van der Waals surface area (Å²) in [5.74, 6) is 0.550. The van der Waals surface area contributed by atoms with Crippen molar-refractivity contribution in [3.63, 3.8) is 0 Å². The summed E-state index contributed by atoms with van der Waals surface area (Å²) < 4.78 is 37.3. The van der Waals surface area contributed by atoms with Crippen molar-refractivity contribution in [3.05, 3.63) is 17.8 Å². The lowest BCUT2D eigenvalue weighted by Crippen LogP contribution is -2.42. The second-order valence-corrected chi connectivity index (χ2v) is 7.68. The van der Waals surface area contributed by atoms with Gasteiger partial charge in [0.15, 0.2) is 6.81 Å². The van der Waals surface area contributed by atoms with Gasteiger partial charge in [-0.15, -0.1) is 0 Å². The Morgan fingerprint density at radius 3 is 2.78 bits per heavy atom. The van der Waals surface area contributed by atoms with Crippen molar-refractivity contribution < 1.29 is 21.4 Å².